The summed E-state index contributed by atoms with van der Waals surface area (Å²) in [5.74, 6) is -0.379. The van der Waals surface area contributed by atoms with Crippen molar-refractivity contribution >= 4 is 13.8 Å². The highest BCUT2D eigenvalue weighted by Gasteiger charge is 2.26. The number of phosphoric acid groups is 1. The van der Waals surface area contributed by atoms with E-state index in [1.807, 2.05) is 21.1 Å². The number of carbonyl (C=O) groups is 1. The summed E-state index contributed by atoms with van der Waals surface area (Å²) < 4.78 is 34.8. The molecule has 0 radical (unpaired) electrons. The van der Waals surface area contributed by atoms with E-state index in [9.17, 15) is 14.3 Å². The Labute approximate surface area is 343 Å². The van der Waals surface area contributed by atoms with Crippen LogP contribution in [0.2, 0.25) is 0 Å². The van der Waals surface area contributed by atoms with E-state index in [0.717, 1.165) is 77.0 Å². The number of allylic oxidation sites excluding steroid dienone is 16. The normalized spacial score (nSPS) is 14.8. The average Bonchev–Trinajstić information content (AvgIpc) is 3.15. The summed E-state index contributed by atoms with van der Waals surface area (Å²) in [7, 11) is 1.61. The van der Waals surface area contributed by atoms with Crippen molar-refractivity contribution in [1.29, 1.82) is 0 Å². The molecule has 2 unspecified atom stereocenters. The molecule has 0 aliphatic heterocycles. The SMILES string of the molecule is CC/C=C\C/C=C\C/C=C\C/C=C\C/C=C\C/C=C\C/C=C\CCCC(=O)OC(COCCCCCCCC/C=C\CCC)COP(=O)(O)OCC[N+](C)(C)C. The zero-order valence-corrected chi connectivity index (χ0v) is 37.0. The molecule has 0 aromatic heterocycles. The van der Waals surface area contributed by atoms with Crippen molar-refractivity contribution in [2.75, 3.05) is 54.1 Å². The fourth-order valence-electron chi connectivity index (χ4n) is 5.07. The minimum Gasteiger partial charge on any atom is -0.457 e. The van der Waals surface area contributed by atoms with Crippen LogP contribution >= 0.6 is 7.82 Å². The molecule has 0 saturated heterocycles. The van der Waals surface area contributed by atoms with Gasteiger partial charge in [0.25, 0.3) is 0 Å². The van der Waals surface area contributed by atoms with Crippen molar-refractivity contribution in [1.82, 2.24) is 0 Å². The molecule has 0 spiro atoms. The quantitative estimate of drug-likeness (QED) is 0.0218. The molecule has 0 rings (SSSR count). The van der Waals surface area contributed by atoms with Crippen molar-refractivity contribution in [2.24, 2.45) is 0 Å². The summed E-state index contributed by atoms with van der Waals surface area (Å²) in [6.45, 7) is 5.32. The van der Waals surface area contributed by atoms with Gasteiger partial charge >= 0.3 is 13.8 Å². The van der Waals surface area contributed by atoms with Gasteiger partial charge in [0.1, 0.15) is 19.3 Å². The Kier molecular flexibility index (Phi) is 37.4. The summed E-state index contributed by atoms with van der Waals surface area (Å²) in [4.78, 5) is 22.8. The van der Waals surface area contributed by atoms with Crippen molar-refractivity contribution < 1.29 is 37.3 Å². The van der Waals surface area contributed by atoms with Gasteiger partial charge in [0.05, 0.1) is 34.4 Å². The van der Waals surface area contributed by atoms with Crippen LogP contribution in [-0.2, 0) is 27.9 Å². The minimum atomic E-state index is -4.30. The third kappa shape index (κ3) is 42.6. The number of quaternary nitrogens is 1. The lowest BCUT2D eigenvalue weighted by Gasteiger charge is -2.24. The number of phosphoric ester groups is 1. The maximum Gasteiger partial charge on any atom is 0.472 e. The lowest BCUT2D eigenvalue weighted by atomic mass is 10.1. The van der Waals surface area contributed by atoms with E-state index in [0.29, 0.717) is 24.1 Å². The predicted molar refractivity (Wildman–Crippen MR) is 238 cm³/mol. The van der Waals surface area contributed by atoms with Gasteiger partial charge in [-0.15, -0.1) is 0 Å². The van der Waals surface area contributed by atoms with Crippen LogP contribution in [0.25, 0.3) is 0 Å². The molecule has 0 amide bonds. The Morgan fingerprint density at radius 2 is 1.04 bits per heavy atom. The van der Waals surface area contributed by atoms with E-state index in [1.54, 1.807) is 0 Å². The third-order valence-electron chi connectivity index (χ3n) is 8.36. The Morgan fingerprint density at radius 1 is 0.571 bits per heavy atom. The zero-order valence-electron chi connectivity index (χ0n) is 36.1. The van der Waals surface area contributed by atoms with E-state index in [1.165, 1.54) is 32.1 Å². The number of unbranched alkanes of at least 4 members (excludes halogenated alkanes) is 8. The molecule has 0 aliphatic carbocycles. The van der Waals surface area contributed by atoms with Gasteiger partial charge < -0.3 is 18.9 Å². The molecule has 0 saturated carbocycles. The van der Waals surface area contributed by atoms with Crippen molar-refractivity contribution in [3.05, 3.63) is 97.2 Å². The standard InChI is InChI=1S/C47H80NO7P/c1-6-8-10-12-14-16-18-19-20-21-22-23-24-25-26-27-28-29-30-32-34-36-38-40-47(49)55-46(45-54-56(50,51)53-43-41-48(3,4)5)44-52-42-39-37-35-33-31-17-15-13-11-9-7-2/h8,10-11,13-14,16,19-20,22-23,25-26,28-29,32,34,46H,6-7,9,12,15,17-18,21,24,27,30-31,33,35-45H2,1-5H3/p+1/b10-8-,13-11-,16-14-,20-19-,23-22-,26-25-,29-28-,34-32-. The van der Waals surface area contributed by atoms with Crippen molar-refractivity contribution in [3.8, 4) is 0 Å². The molecule has 0 heterocycles. The van der Waals surface area contributed by atoms with Crippen LogP contribution in [0.4, 0.5) is 0 Å². The van der Waals surface area contributed by atoms with Gasteiger partial charge in [0.2, 0.25) is 0 Å². The van der Waals surface area contributed by atoms with Gasteiger partial charge in [-0.05, 0) is 83.5 Å². The largest absolute Gasteiger partial charge is 0.472 e. The second-order valence-corrected chi connectivity index (χ2v) is 16.4. The van der Waals surface area contributed by atoms with E-state index in [2.05, 4.69) is 111 Å². The molecule has 0 bridgehead atoms. The summed E-state index contributed by atoms with van der Waals surface area (Å²) in [5.41, 5.74) is 0. The Morgan fingerprint density at radius 3 is 1.57 bits per heavy atom. The highest BCUT2D eigenvalue weighted by atomic mass is 31.2. The average molecular weight is 803 g/mol. The van der Waals surface area contributed by atoms with Crippen LogP contribution in [0.3, 0.4) is 0 Å². The molecule has 0 aliphatic rings. The monoisotopic (exact) mass is 803 g/mol. The van der Waals surface area contributed by atoms with Gasteiger partial charge in [-0.2, -0.15) is 0 Å². The van der Waals surface area contributed by atoms with Crippen LogP contribution in [0.15, 0.2) is 97.2 Å². The first-order valence-corrected chi connectivity index (χ1v) is 23.0. The van der Waals surface area contributed by atoms with Crippen LogP contribution in [-0.4, -0.2) is 75.6 Å². The molecule has 9 heteroatoms. The lowest BCUT2D eigenvalue weighted by Crippen LogP contribution is -2.37. The molecule has 8 nitrogen and oxygen atoms in total. The molecular weight excluding hydrogens is 721 g/mol. The maximum atomic E-state index is 12.7. The molecule has 0 aromatic carbocycles. The third-order valence-corrected chi connectivity index (χ3v) is 9.34. The number of hydrogen-bond acceptors (Lipinski definition) is 6. The van der Waals surface area contributed by atoms with Gasteiger partial charge in [0.15, 0.2) is 0 Å². The van der Waals surface area contributed by atoms with Crippen LogP contribution in [0.1, 0.15) is 136 Å². The first-order valence-electron chi connectivity index (χ1n) is 21.5. The summed E-state index contributed by atoms with van der Waals surface area (Å²) in [5, 5.41) is 0. The topological polar surface area (TPSA) is 91.3 Å². The molecule has 320 valence electrons. The number of esters is 1. The van der Waals surface area contributed by atoms with Crippen molar-refractivity contribution in [3.63, 3.8) is 0 Å². The summed E-state index contributed by atoms with van der Waals surface area (Å²) in [6.07, 6.45) is 53.1. The maximum absolute atomic E-state index is 12.7. The van der Waals surface area contributed by atoms with Gasteiger partial charge in [-0.25, -0.2) is 4.57 Å². The Bertz CT molecular complexity index is 1210. The summed E-state index contributed by atoms with van der Waals surface area (Å²) >= 11 is 0. The first-order chi connectivity index (χ1) is 27.1. The zero-order chi connectivity index (χ0) is 41.3. The highest BCUT2D eigenvalue weighted by Crippen LogP contribution is 2.43. The van der Waals surface area contributed by atoms with Crippen molar-refractivity contribution in [2.45, 2.75) is 142 Å². The molecule has 56 heavy (non-hydrogen) atoms. The molecule has 0 aromatic rings. The summed E-state index contributed by atoms with van der Waals surface area (Å²) in [6, 6.07) is 0. The second-order valence-electron chi connectivity index (χ2n) is 15.0. The number of carbonyl (C=O) groups excluding carboxylic acids is 1. The van der Waals surface area contributed by atoms with Gasteiger partial charge in [-0.3, -0.25) is 13.8 Å². The van der Waals surface area contributed by atoms with E-state index in [-0.39, 0.29) is 32.2 Å². The molecule has 0 fully saturated rings. The molecule has 1 N–H and O–H groups in total. The lowest BCUT2D eigenvalue weighted by molar-refractivity contribution is -0.870. The molecular formula is C47H81NO7P+. The first kappa shape index (κ1) is 53.4. The van der Waals surface area contributed by atoms with Gasteiger partial charge in [0, 0.05) is 13.0 Å². The van der Waals surface area contributed by atoms with E-state index < -0.39 is 13.9 Å². The second kappa shape index (κ2) is 39.3. The number of likely N-dealkylation sites (N-methyl/N-ethyl adjacent to an activating group) is 1. The molecule has 2 atom stereocenters. The smallest absolute Gasteiger partial charge is 0.457 e. The fraction of sp³-hybridized carbons (Fsp3) is 0.638. The number of ether oxygens (including phenoxy) is 2. The van der Waals surface area contributed by atoms with E-state index >= 15 is 0 Å². The Hall–Kier alpha value is -2.58. The minimum absolute atomic E-state index is 0.0708. The highest BCUT2D eigenvalue weighted by molar-refractivity contribution is 7.47. The van der Waals surface area contributed by atoms with Crippen LogP contribution in [0.5, 0.6) is 0 Å². The van der Waals surface area contributed by atoms with E-state index in [4.69, 9.17) is 18.5 Å². The number of nitrogens with zero attached hydrogens (tertiary/aromatic N) is 1. The number of rotatable bonds is 38. The van der Waals surface area contributed by atoms with Gasteiger partial charge in [-0.1, -0.05) is 143 Å². The number of hydrogen-bond donors (Lipinski definition) is 1. The fourth-order valence-corrected chi connectivity index (χ4v) is 5.81. The van der Waals surface area contributed by atoms with Crippen LogP contribution in [0, 0.1) is 0 Å². The Balaban J connectivity index is 4.36. The van der Waals surface area contributed by atoms with Crippen LogP contribution < -0.4 is 0 Å². The predicted octanol–water partition coefficient (Wildman–Crippen LogP) is 12.7.